The third kappa shape index (κ3) is 7.51. The second kappa shape index (κ2) is 10.2. The van der Waals surface area contributed by atoms with Gasteiger partial charge in [-0.25, -0.2) is 9.97 Å². The summed E-state index contributed by atoms with van der Waals surface area (Å²) in [4.78, 5) is 8.79. The SMILES string of the molecule is CCCCCCCCC(Br)Cc1cc(OC)ncn1. The van der Waals surface area contributed by atoms with Crippen molar-refractivity contribution in [2.45, 2.75) is 63.1 Å². The van der Waals surface area contributed by atoms with Crippen LogP contribution in [0.25, 0.3) is 0 Å². The Balaban J connectivity index is 2.17. The largest absolute Gasteiger partial charge is 0.481 e. The van der Waals surface area contributed by atoms with Crippen LogP contribution in [0.2, 0.25) is 0 Å². The smallest absolute Gasteiger partial charge is 0.216 e. The van der Waals surface area contributed by atoms with Crippen molar-refractivity contribution < 1.29 is 4.74 Å². The van der Waals surface area contributed by atoms with Gasteiger partial charge in [-0.2, -0.15) is 0 Å². The van der Waals surface area contributed by atoms with Crippen molar-refractivity contribution in [3.05, 3.63) is 18.1 Å². The van der Waals surface area contributed by atoms with E-state index in [-0.39, 0.29) is 0 Å². The molecule has 0 fully saturated rings. The molecule has 4 heteroatoms. The van der Waals surface area contributed by atoms with E-state index in [0.29, 0.717) is 10.7 Å². The molecule has 0 aromatic carbocycles. The Morgan fingerprint density at radius 1 is 1.16 bits per heavy atom. The normalized spacial score (nSPS) is 12.4. The summed E-state index contributed by atoms with van der Waals surface area (Å²) < 4.78 is 5.11. The van der Waals surface area contributed by atoms with E-state index in [9.17, 15) is 0 Å². The number of halogens is 1. The Morgan fingerprint density at radius 3 is 2.63 bits per heavy atom. The molecule has 0 N–H and O–H groups in total. The second-order valence-corrected chi connectivity index (χ2v) is 6.20. The molecule has 3 nitrogen and oxygen atoms in total. The first-order chi connectivity index (χ1) is 9.26. The van der Waals surface area contributed by atoms with E-state index >= 15 is 0 Å². The molecule has 1 unspecified atom stereocenters. The summed E-state index contributed by atoms with van der Waals surface area (Å²) in [5.74, 6) is 0.643. The van der Waals surface area contributed by atoms with Gasteiger partial charge in [-0.05, 0) is 6.42 Å². The summed E-state index contributed by atoms with van der Waals surface area (Å²) in [6, 6.07) is 1.91. The van der Waals surface area contributed by atoms with Crippen LogP contribution >= 0.6 is 15.9 Å². The van der Waals surface area contributed by atoms with Crippen LogP contribution in [0.3, 0.4) is 0 Å². The van der Waals surface area contributed by atoms with Gasteiger partial charge in [-0.3, -0.25) is 0 Å². The Labute approximate surface area is 125 Å². The maximum Gasteiger partial charge on any atom is 0.216 e. The van der Waals surface area contributed by atoms with Crippen molar-refractivity contribution in [3.8, 4) is 5.88 Å². The molecule has 1 heterocycles. The Morgan fingerprint density at radius 2 is 1.89 bits per heavy atom. The lowest BCUT2D eigenvalue weighted by atomic mass is 10.1. The highest BCUT2D eigenvalue weighted by molar-refractivity contribution is 9.09. The van der Waals surface area contributed by atoms with E-state index in [2.05, 4.69) is 32.8 Å². The van der Waals surface area contributed by atoms with E-state index < -0.39 is 0 Å². The number of hydrogen-bond acceptors (Lipinski definition) is 3. The highest BCUT2D eigenvalue weighted by Gasteiger charge is 2.07. The van der Waals surface area contributed by atoms with Gasteiger partial charge in [-0.1, -0.05) is 61.4 Å². The fraction of sp³-hybridized carbons (Fsp3) is 0.733. The van der Waals surface area contributed by atoms with Crippen molar-refractivity contribution in [2.75, 3.05) is 7.11 Å². The molecule has 0 saturated carbocycles. The van der Waals surface area contributed by atoms with Gasteiger partial charge in [0.05, 0.1) is 7.11 Å². The monoisotopic (exact) mass is 328 g/mol. The summed E-state index contributed by atoms with van der Waals surface area (Å²) >= 11 is 3.74. The Hall–Kier alpha value is -0.640. The standard InChI is InChI=1S/C15H25BrN2O/c1-3-4-5-6-7-8-9-13(16)10-14-11-15(19-2)18-12-17-14/h11-13H,3-10H2,1-2H3. The van der Waals surface area contributed by atoms with Crippen LogP contribution in [0.1, 0.15) is 57.6 Å². The molecule has 0 spiro atoms. The average Bonchev–Trinajstić information content (AvgIpc) is 2.43. The van der Waals surface area contributed by atoms with Crippen LogP contribution < -0.4 is 4.74 Å². The molecule has 1 atom stereocenters. The highest BCUT2D eigenvalue weighted by Crippen LogP contribution is 2.18. The predicted octanol–water partition coefficient (Wildman–Crippen LogP) is 4.54. The Bertz CT molecular complexity index is 347. The third-order valence-corrected chi connectivity index (χ3v) is 3.99. The number of nitrogens with zero attached hydrogens (tertiary/aromatic N) is 2. The van der Waals surface area contributed by atoms with Gasteiger partial charge in [0, 0.05) is 23.0 Å². The first-order valence-electron chi connectivity index (χ1n) is 7.25. The summed E-state index contributed by atoms with van der Waals surface area (Å²) in [6.07, 6.45) is 11.8. The molecular formula is C15H25BrN2O. The summed E-state index contributed by atoms with van der Waals surface area (Å²) in [6.45, 7) is 2.25. The highest BCUT2D eigenvalue weighted by atomic mass is 79.9. The minimum Gasteiger partial charge on any atom is -0.481 e. The second-order valence-electron chi connectivity index (χ2n) is 4.91. The maximum absolute atomic E-state index is 5.11. The molecule has 0 aliphatic rings. The lowest BCUT2D eigenvalue weighted by Crippen LogP contribution is -2.05. The molecule has 1 aromatic heterocycles. The number of alkyl halides is 1. The fourth-order valence-corrected chi connectivity index (χ4v) is 2.73. The van der Waals surface area contributed by atoms with Crippen molar-refractivity contribution in [1.82, 2.24) is 9.97 Å². The number of hydrogen-bond donors (Lipinski definition) is 0. The van der Waals surface area contributed by atoms with Gasteiger partial charge in [0.25, 0.3) is 0 Å². The zero-order valence-corrected chi connectivity index (χ0v) is 13.7. The van der Waals surface area contributed by atoms with E-state index in [1.54, 1.807) is 13.4 Å². The summed E-state index contributed by atoms with van der Waals surface area (Å²) in [7, 11) is 1.63. The maximum atomic E-state index is 5.11. The Kier molecular flexibility index (Phi) is 8.80. The van der Waals surface area contributed by atoms with Crippen LogP contribution in [-0.2, 0) is 6.42 Å². The number of methoxy groups -OCH3 is 1. The lowest BCUT2D eigenvalue weighted by Gasteiger charge is -2.09. The van der Waals surface area contributed by atoms with Crippen molar-refractivity contribution in [3.63, 3.8) is 0 Å². The topological polar surface area (TPSA) is 35.0 Å². The molecule has 0 bridgehead atoms. The quantitative estimate of drug-likeness (QED) is 0.467. The fourth-order valence-electron chi connectivity index (χ4n) is 2.08. The summed E-state index contributed by atoms with van der Waals surface area (Å²) in [5, 5.41) is 0. The van der Waals surface area contributed by atoms with Crippen molar-refractivity contribution >= 4 is 15.9 Å². The molecule has 0 radical (unpaired) electrons. The van der Waals surface area contributed by atoms with Crippen LogP contribution in [0.15, 0.2) is 12.4 Å². The van der Waals surface area contributed by atoms with E-state index in [1.807, 2.05) is 6.07 Å². The van der Waals surface area contributed by atoms with Gasteiger partial charge >= 0.3 is 0 Å². The number of unbranched alkanes of at least 4 members (excludes halogenated alkanes) is 5. The van der Waals surface area contributed by atoms with Crippen LogP contribution in [0.4, 0.5) is 0 Å². The molecule has 0 aliphatic heterocycles. The van der Waals surface area contributed by atoms with Crippen LogP contribution in [0.5, 0.6) is 5.88 Å². The first-order valence-corrected chi connectivity index (χ1v) is 8.16. The zero-order chi connectivity index (χ0) is 13.9. The van der Waals surface area contributed by atoms with Gasteiger partial charge in [0.15, 0.2) is 0 Å². The lowest BCUT2D eigenvalue weighted by molar-refractivity contribution is 0.395. The minimum absolute atomic E-state index is 0.498. The van der Waals surface area contributed by atoms with Gasteiger partial charge in [-0.15, -0.1) is 0 Å². The third-order valence-electron chi connectivity index (χ3n) is 3.21. The predicted molar refractivity (Wildman–Crippen MR) is 83.0 cm³/mol. The zero-order valence-electron chi connectivity index (χ0n) is 12.1. The van der Waals surface area contributed by atoms with E-state index in [0.717, 1.165) is 12.1 Å². The molecule has 0 aliphatic carbocycles. The van der Waals surface area contributed by atoms with Gasteiger partial charge in [0.2, 0.25) is 5.88 Å². The molecule has 0 saturated heterocycles. The van der Waals surface area contributed by atoms with Crippen molar-refractivity contribution in [1.29, 1.82) is 0 Å². The van der Waals surface area contributed by atoms with Crippen molar-refractivity contribution in [2.24, 2.45) is 0 Å². The van der Waals surface area contributed by atoms with E-state index in [1.165, 1.54) is 44.9 Å². The van der Waals surface area contributed by atoms with Crippen LogP contribution in [-0.4, -0.2) is 21.9 Å². The van der Waals surface area contributed by atoms with E-state index in [4.69, 9.17) is 4.74 Å². The molecule has 1 rings (SSSR count). The number of ether oxygens (including phenoxy) is 1. The van der Waals surface area contributed by atoms with Crippen LogP contribution in [0, 0.1) is 0 Å². The first kappa shape index (κ1) is 16.4. The number of rotatable bonds is 10. The number of aromatic nitrogens is 2. The molecular weight excluding hydrogens is 304 g/mol. The molecule has 108 valence electrons. The minimum atomic E-state index is 0.498. The molecule has 0 amide bonds. The average molecular weight is 329 g/mol. The molecule has 1 aromatic rings. The van der Waals surface area contributed by atoms with Gasteiger partial charge < -0.3 is 4.74 Å². The van der Waals surface area contributed by atoms with Gasteiger partial charge in [0.1, 0.15) is 6.33 Å². The summed E-state index contributed by atoms with van der Waals surface area (Å²) in [5.41, 5.74) is 1.04. The molecule has 19 heavy (non-hydrogen) atoms.